The number of aryl methyl sites for hydroxylation is 3. The molecule has 27 heavy (non-hydrogen) atoms. The number of nitrogens with zero attached hydrogens (tertiary/aromatic N) is 1. The van der Waals surface area contributed by atoms with Crippen LogP contribution in [0.2, 0.25) is 0 Å². The van der Waals surface area contributed by atoms with Crippen molar-refractivity contribution in [3.05, 3.63) is 64.5 Å². The summed E-state index contributed by atoms with van der Waals surface area (Å²) in [5.74, 6) is 0.555. The number of benzene rings is 2. The average Bonchev–Trinajstić information content (AvgIpc) is 3.35. The van der Waals surface area contributed by atoms with Gasteiger partial charge in [0, 0.05) is 10.9 Å². The minimum absolute atomic E-state index is 0.0150. The van der Waals surface area contributed by atoms with Gasteiger partial charge in [0.2, 0.25) is 0 Å². The second-order valence-corrected chi connectivity index (χ2v) is 7.57. The van der Waals surface area contributed by atoms with Gasteiger partial charge in [-0.2, -0.15) is 0 Å². The average molecular weight is 378 g/mol. The summed E-state index contributed by atoms with van der Waals surface area (Å²) >= 11 is 1.42. The van der Waals surface area contributed by atoms with Gasteiger partial charge in [-0.05, 0) is 54.5 Å². The molecule has 4 rings (SSSR count). The molecule has 4 nitrogen and oxygen atoms in total. The van der Waals surface area contributed by atoms with Gasteiger partial charge in [-0.25, -0.2) is 4.98 Å². The second kappa shape index (κ2) is 7.92. The van der Waals surface area contributed by atoms with Crippen LogP contribution in [0.4, 0.5) is 5.13 Å². The number of carbonyl (C=O) groups excluding carboxylic acids is 1. The molecule has 0 fully saturated rings. The third kappa shape index (κ3) is 4.19. The van der Waals surface area contributed by atoms with Crippen molar-refractivity contribution in [1.29, 1.82) is 0 Å². The quantitative estimate of drug-likeness (QED) is 0.665. The standard InChI is InChI=1S/C22H22N2O2S/c1-2-15-6-8-17(9-7-15)20-14-27-22(23-20)24-21(25)13-26-19-11-10-16-4-3-5-18(16)12-19/h6-12,14H,2-5,13H2,1H3,(H,23,24,25). The molecule has 2 aromatic carbocycles. The van der Waals surface area contributed by atoms with Gasteiger partial charge in [-0.15, -0.1) is 11.3 Å². The maximum atomic E-state index is 12.2. The lowest BCUT2D eigenvalue weighted by Gasteiger charge is -2.07. The normalized spacial score (nSPS) is 12.6. The van der Waals surface area contributed by atoms with Crippen LogP contribution in [0.3, 0.4) is 0 Å². The summed E-state index contributed by atoms with van der Waals surface area (Å²) in [7, 11) is 0. The van der Waals surface area contributed by atoms with Crippen LogP contribution in [0.25, 0.3) is 11.3 Å². The number of hydrogen-bond acceptors (Lipinski definition) is 4. The first-order chi connectivity index (χ1) is 13.2. The summed E-state index contributed by atoms with van der Waals surface area (Å²) in [5.41, 5.74) is 5.96. The fourth-order valence-corrected chi connectivity index (χ4v) is 4.05. The maximum absolute atomic E-state index is 12.2. The van der Waals surface area contributed by atoms with Gasteiger partial charge in [0.1, 0.15) is 5.75 Å². The lowest BCUT2D eigenvalue weighted by molar-refractivity contribution is -0.118. The van der Waals surface area contributed by atoms with Crippen molar-refractivity contribution >= 4 is 22.4 Å². The Morgan fingerprint density at radius 1 is 1.15 bits per heavy atom. The Morgan fingerprint density at radius 2 is 1.96 bits per heavy atom. The molecule has 3 aromatic rings. The summed E-state index contributed by atoms with van der Waals surface area (Å²) in [6, 6.07) is 14.4. The van der Waals surface area contributed by atoms with Gasteiger partial charge in [0.05, 0.1) is 5.69 Å². The van der Waals surface area contributed by atoms with E-state index in [1.54, 1.807) is 0 Å². The van der Waals surface area contributed by atoms with Crippen molar-refractivity contribution in [3.8, 4) is 17.0 Å². The topological polar surface area (TPSA) is 51.2 Å². The molecule has 0 radical (unpaired) electrons. The summed E-state index contributed by atoms with van der Waals surface area (Å²) in [4.78, 5) is 16.7. The molecule has 0 bridgehead atoms. The molecule has 138 valence electrons. The fourth-order valence-electron chi connectivity index (χ4n) is 3.32. The highest BCUT2D eigenvalue weighted by atomic mass is 32.1. The van der Waals surface area contributed by atoms with Crippen LogP contribution < -0.4 is 10.1 Å². The zero-order valence-corrected chi connectivity index (χ0v) is 16.1. The third-order valence-corrected chi connectivity index (χ3v) is 5.61. The molecule has 1 aromatic heterocycles. The zero-order chi connectivity index (χ0) is 18.6. The molecule has 0 saturated heterocycles. The Hall–Kier alpha value is -2.66. The highest BCUT2D eigenvalue weighted by Crippen LogP contribution is 2.27. The Bertz CT molecular complexity index is 947. The Labute approximate surface area is 163 Å². The fraction of sp³-hybridized carbons (Fsp3) is 0.273. The summed E-state index contributed by atoms with van der Waals surface area (Å²) in [6.45, 7) is 2.12. The Morgan fingerprint density at radius 3 is 2.78 bits per heavy atom. The molecule has 0 atom stereocenters. The third-order valence-electron chi connectivity index (χ3n) is 4.85. The first-order valence-electron chi connectivity index (χ1n) is 9.30. The van der Waals surface area contributed by atoms with Gasteiger partial charge < -0.3 is 4.74 Å². The number of anilines is 1. The minimum atomic E-state index is -0.197. The van der Waals surface area contributed by atoms with Crippen LogP contribution in [-0.2, 0) is 24.1 Å². The van der Waals surface area contributed by atoms with E-state index >= 15 is 0 Å². The number of nitrogens with one attached hydrogen (secondary N) is 1. The predicted octanol–water partition coefficient (Wildman–Crippen LogP) is 4.88. The van der Waals surface area contributed by atoms with Gasteiger partial charge in [0.15, 0.2) is 11.7 Å². The van der Waals surface area contributed by atoms with Gasteiger partial charge in [0.25, 0.3) is 5.91 Å². The molecule has 0 aliphatic heterocycles. The van der Waals surface area contributed by atoms with Crippen LogP contribution in [0.15, 0.2) is 47.8 Å². The molecule has 0 saturated carbocycles. The van der Waals surface area contributed by atoms with Crippen LogP contribution in [-0.4, -0.2) is 17.5 Å². The van der Waals surface area contributed by atoms with Crippen LogP contribution in [0.5, 0.6) is 5.75 Å². The number of aromatic nitrogens is 1. The van der Waals surface area contributed by atoms with Crippen LogP contribution >= 0.6 is 11.3 Å². The van der Waals surface area contributed by atoms with E-state index in [-0.39, 0.29) is 12.5 Å². The van der Waals surface area contributed by atoms with Crippen LogP contribution in [0, 0.1) is 0 Å². The van der Waals surface area contributed by atoms with E-state index in [1.165, 1.54) is 34.4 Å². The summed E-state index contributed by atoms with van der Waals surface area (Å²) in [6.07, 6.45) is 4.46. The number of hydrogen-bond donors (Lipinski definition) is 1. The number of fused-ring (bicyclic) bond motifs is 1. The smallest absolute Gasteiger partial charge is 0.264 e. The van der Waals surface area contributed by atoms with Crippen molar-refractivity contribution in [3.63, 3.8) is 0 Å². The number of rotatable bonds is 6. The number of carbonyl (C=O) groups is 1. The predicted molar refractivity (Wildman–Crippen MR) is 110 cm³/mol. The van der Waals surface area contributed by atoms with Crippen molar-refractivity contribution in [2.75, 3.05) is 11.9 Å². The van der Waals surface area contributed by atoms with Crippen molar-refractivity contribution in [2.24, 2.45) is 0 Å². The van der Waals surface area contributed by atoms with Gasteiger partial charge >= 0.3 is 0 Å². The number of ether oxygens (including phenoxy) is 1. The Kier molecular flexibility index (Phi) is 5.21. The lowest BCUT2D eigenvalue weighted by atomic mass is 10.1. The monoisotopic (exact) mass is 378 g/mol. The molecule has 1 aliphatic rings. The molecule has 5 heteroatoms. The highest BCUT2D eigenvalue weighted by Gasteiger charge is 2.13. The van der Waals surface area contributed by atoms with E-state index in [4.69, 9.17) is 4.74 Å². The minimum Gasteiger partial charge on any atom is -0.484 e. The number of thiazole rings is 1. The SMILES string of the molecule is CCc1ccc(-c2csc(NC(=O)COc3ccc4c(c3)CCC4)n2)cc1. The maximum Gasteiger partial charge on any atom is 0.264 e. The van der Waals surface area contributed by atoms with E-state index in [9.17, 15) is 4.79 Å². The van der Waals surface area contributed by atoms with Crippen molar-refractivity contribution in [2.45, 2.75) is 32.6 Å². The van der Waals surface area contributed by atoms with E-state index in [0.717, 1.165) is 36.3 Å². The molecule has 1 amide bonds. The molecule has 0 unspecified atom stereocenters. The largest absolute Gasteiger partial charge is 0.484 e. The van der Waals surface area contributed by atoms with Crippen molar-refractivity contribution in [1.82, 2.24) is 4.98 Å². The molecule has 1 N–H and O–H groups in total. The van der Waals surface area contributed by atoms with E-state index in [2.05, 4.69) is 53.6 Å². The molecule has 0 spiro atoms. The number of amides is 1. The molecule has 1 aliphatic carbocycles. The lowest BCUT2D eigenvalue weighted by Crippen LogP contribution is -2.20. The van der Waals surface area contributed by atoms with Gasteiger partial charge in [-0.1, -0.05) is 37.3 Å². The van der Waals surface area contributed by atoms with Gasteiger partial charge in [-0.3, -0.25) is 10.1 Å². The van der Waals surface area contributed by atoms with E-state index < -0.39 is 0 Å². The van der Waals surface area contributed by atoms with Crippen LogP contribution in [0.1, 0.15) is 30.0 Å². The van der Waals surface area contributed by atoms with E-state index in [0.29, 0.717) is 5.13 Å². The summed E-state index contributed by atoms with van der Waals surface area (Å²) in [5, 5.41) is 5.37. The highest BCUT2D eigenvalue weighted by molar-refractivity contribution is 7.14. The zero-order valence-electron chi connectivity index (χ0n) is 15.3. The molecule has 1 heterocycles. The van der Waals surface area contributed by atoms with Crippen molar-refractivity contribution < 1.29 is 9.53 Å². The Balaban J connectivity index is 1.33. The first-order valence-corrected chi connectivity index (χ1v) is 10.2. The second-order valence-electron chi connectivity index (χ2n) is 6.71. The molecular weight excluding hydrogens is 356 g/mol. The van der Waals surface area contributed by atoms with E-state index in [1.807, 2.05) is 11.4 Å². The molecular formula is C22H22N2O2S. The first kappa shape index (κ1) is 17.7. The summed E-state index contributed by atoms with van der Waals surface area (Å²) < 4.78 is 5.65.